The molecule has 4 atom stereocenters. The SMILES string of the molecule is CCc1c(F)ccc2cc(OCOC)cc(-c3nc4nc(OC[C@@]56CCCN5C[C@H](F)C6)nc(N5C[C@H]6CC[C@@H](C5)N6C(=O)OC(C)(C)C)c4cc3F)c12. The summed E-state index contributed by atoms with van der Waals surface area (Å²) < 4.78 is 69.7. The number of piperazine rings is 1. The maximum atomic E-state index is 16.7. The topological polar surface area (TPSA) is 102 Å². The van der Waals surface area contributed by atoms with Crippen molar-refractivity contribution in [2.45, 2.75) is 95.6 Å². The minimum absolute atomic E-state index is 0.0299. The lowest BCUT2D eigenvalue weighted by atomic mass is 9.94. The Morgan fingerprint density at radius 2 is 1.78 bits per heavy atom. The number of anilines is 1. The number of fused-ring (bicyclic) bond motifs is 5. The molecule has 0 spiro atoms. The number of carbonyl (C=O) groups excluding carboxylic acids is 1. The van der Waals surface area contributed by atoms with E-state index in [1.54, 1.807) is 18.2 Å². The van der Waals surface area contributed by atoms with Crippen molar-refractivity contribution in [3.8, 4) is 23.0 Å². The molecule has 2 bridgehead atoms. The first-order valence-corrected chi connectivity index (χ1v) is 18.9. The molecule has 0 saturated carbocycles. The van der Waals surface area contributed by atoms with Crippen LogP contribution in [0.5, 0.6) is 11.8 Å². The molecule has 4 fully saturated rings. The van der Waals surface area contributed by atoms with E-state index in [-0.39, 0.29) is 48.9 Å². The number of nitrogens with zero attached hydrogens (tertiary/aromatic N) is 6. The van der Waals surface area contributed by atoms with E-state index < -0.39 is 28.9 Å². The van der Waals surface area contributed by atoms with Crippen LogP contribution >= 0.6 is 0 Å². The second kappa shape index (κ2) is 14.0. The fourth-order valence-electron chi connectivity index (χ4n) is 9.06. The van der Waals surface area contributed by atoms with Crippen molar-refractivity contribution in [1.82, 2.24) is 24.8 Å². The molecule has 4 aliphatic rings. The van der Waals surface area contributed by atoms with Crippen LogP contribution in [0.15, 0.2) is 30.3 Å². The fourth-order valence-corrected chi connectivity index (χ4v) is 9.06. The highest BCUT2D eigenvalue weighted by atomic mass is 19.1. The van der Waals surface area contributed by atoms with Crippen molar-refractivity contribution < 1.29 is 36.9 Å². The van der Waals surface area contributed by atoms with Crippen molar-refractivity contribution in [2.24, 2.45) is 0 Å². The van der Waals surface area contributed by atoms with Gasteiger partial charge in [-0.1, -0.05) is 13.0 Å². The van der Waals surface area contributed by atoms with Gasteiger partial charge in [0.1, 0.15) is 47.3 Å². The fraction of sp³-hybridized carbons (Fsp3) is 0.550. The van der Waals surface area contributed by atoms with E-state index in [1.807, 2.05) is 37.5 Å². The number of rotatable bonds is 9. The minimum Gasteiger partial charge on any atom is -0.468 e. The van der Waals surface area contributed by atoms with E-state index in [0.717, 1.165) is 32.2 Å². The largest absolute Gasteiger partial charge is 0.468 e. The maximum absolute atomic E-state index is 16.7. The van der Waals surface area contributed by atoms with Gasteiger partial charge in [-0.25, -0.2) is 22.9 Å². The molecule has 54 heavy (non-hydrogen) atoms. The summed E-state index contributed by atoms with van der Waals surface area (Å²) in [5, 5.41) is 1.56. The van der Waals surface area contributed by atoms with Gasteiger partial charge in [-0.3, -0.25) is 9.80 Å². The quantitative estimate of drug-likeness (QED) is 0.163. The van der Waals surface area contributed by atoms with E-state index in [1.165, 1.54) is 19.2 Å². The summed E-state index contributed by atoms with van der Waals surface area (Å²) in [6.45, 7) is 9.62. The maximum Gasteiger partial charge on any atom is 0.410 e. The molecule has 0 aliphatic carbocycles. The van der Waals surface area contributed by atoms with Crippen LogP contribution in [0.4, 0.5) is 23.8 Å². The van der Waals surface area contributed by atoms with Gasteiger partial charge in [0.25, 0.3) is 0 Å². The summed E-state index contributed by atoms with van der Waals surface area (Å²) in [7, 11) is 1.50. The van der Waals surface area contributed by atoms with Gasteiger partial charge in [-0.2, -0.15) is 9.97 Å². The Bertz CT molecular complexity index is 2080. The van der Waals surface area contributed by atoms with Crippen LogP contribution in [-0.4, -0.2) is 107 Å². The van der Waals surface area contributed by atoms with Crippen molar-refractivity contribution in [1.29, 1.82) is 0 Å². The highest BCUT2D eigenvalue weighted by Gasteiger charge is 2.50. The molecular formula is C40H47F3N6O5. The van der Waals surface area contributed by atoms with Crippen LogP contribution in [0.1, 0.15) is 65.4 Å². The number of ether oxygens (including phenoxy) is 4. The van der Waals surface area contributed by atoms with Crippen LogP contribution in [0.3, 0.4) is 0 Å². The summed E-state index contributed by atoms with van der Waals surface area (Å²) in [5.41, 5.74) is -0.145. The molecule has 8 rings (SSSR count). The first kappa shape index (κ1) is 36.5. The van der Waals surface area contributed by atoms with Crippen LogP contribution in [0.2, 0.25) is 0 Å². The number of halogens is 3. The Labute approximate surface area is 312 Å². The lowest BCUT2D eigenvalue weighted by Gasteiger charge is -2.42. The molecule has 2 aromatic heterocycles. The molecule has 4 aromatic rings. The molecule has 0 unspecified atom stereocenters. The average molecular weight is 749 g/mol. The van der Waals surface area contributed by atoms with Crippen LogP contribution in [-0.2, 0) is 15.9 Å². The normalized spacial score (nSPS) is 24.1. The molecule has 4 saturated heterocycles. The van der Waals surface area contributed by atoms with Crippen LogP contribution < -0.4 is 14.4 Å². The van der Waals surface area contributed by atoms with Crippen LogP contribution in [0, 0.1) is 11.6 Å². The van der Waals surface area contributed by atoms with Gasteiger partial charge >= 0.3 is 12.1 Å². The summed E-state index contributed by atoms with van der Waals surface area (Å²) in [4.78, 5) is 33.8. The number of aryl methyl sites for hydroxylation is 1. The Morgan fingerprint density at radius 1 is 1.00 bits per heavy atom. The number of benzene rings is 2. The van der Waals surface area contributed by atoms with Gasteiger partial charge < -0.3 is 23.8 Å². The molecule has 14 heteroatoms. The number of alkyl halides is 1. The number of carbonyl (C=O) groups is 1. The number of pyridine rings is 1. The molecule has 4 aliphatic heterocycles. The van der Waals surface area contributed by atoms with Crippen molar-refractivity contribution in [2.75, 3.05) is 51.6 Å². The molecule has 0 N–H and O–H groups in total. The summed E-state index contributed by atoms with van der Waals surface area (Å²) in [5.74, 6) is -0.204. The number of hydrogen-bond donors (Lipinski definition) is 0. The average Bonchev–Trinajstić information content (AvgIpc) is 3.75. The molecule has 1 amide bonds. The van der Waals surface area contributed by atoms with E-state index in [0.29, 0.717) is 71.3 Å². The molecular weight excluding hydrogens is 701 g/mol. The first-order chi connectivity index (χ1) is 25.9. The zero-order valence-electron chi connectivity index (χ0n) is 31.5. The third-order valence-corrected chi connectivity index (χ3v) is 11.3. The smallest absolute Gasteiger partial charge is 0.410 e. The Morgan fingerprint density at radius 3 is 2.50 bits per heavy atom. The second-order valence-corrected chi connectivity index (χ2v) is 16.1. The van der Waals surface area contributed by atoms with E-state index in [9.17, 15) is 9.18 Å². The van der Waals surface area contributed by atoms with Gasteiger partial charge in [0.05, 0.1) is 23.0 Å². The molecule has 11 nitrogen and oxygen atoms in total. The number of methoxy groups -OCH3 is 1. The predicted molar refractivity (Wildman–Crippen MR) is 198 cm³/mol. The molecule has 6 heterocycles. The highest BCUT2D eigenvalue weighted by molar-refractivity contribution is 6.01. The zero-order valence-corrected chi connectivity index (χ0v) is 31.5. The molecule has 0 radical (unpaired) electrons. The second-order valence-electron chi connectivity index (χ2n) is 16.1. The summed E-state index contributed by atoms with van der Waals surface area (Å²) >= 11 is 0. The van der Waals surface area contributed by atoms with Gasteiger partial charge in [0.2, 0.25) is 0 Å². The van der Waals surface area contributed by atoms with Crippen LogP contribution in [0.25, 0.3) is 33.1 Å². The Hall–Kier alpha value is -4.43. The van der Waals surface area contributed by atoms with Gasteiger partial charge in [0, 0.05) is 38.7 Å². The predicted octanol–water partition coefficient (Wildman–Crippen LogP) is 7.21. The van der Waals surface area contributed by atoms with Gasteiger partial charge in [-0.15, -0.1) is 0 Å². The number of hydrogen-bond acceptors (Lipinski definition) is 10. The summed E-state index contributed by atoms with van der Waals surface area (Å²) in [6, 6.07) is 7.60. The first-order valence-electron chi connectivity index (χ1n) is 18.9. The summed E-state index contributed by atoms with van der Waals surface area (Å²) in [6.07, 6.45) is 2.81. The lowest BCUT2D eigenvalue weighted by Crippen LogP contribution is -2.57. The van der Waals surface area contributed by atoms with Crippen molar-refractivity contribution in [3.05, 3.63) is 47.5 Å². The standard InChI is InChI=1S/C40H47F3N6O5/c1-6-28-31(42)11-8-23-14-27(53-22-51-5)15-29(33(23)28)34-32(43)16-30-35(44-34)45-37(52-21-40-12-7-13-48(40)18-24(41)17-40)46-36(30)47-19-25-9-10-26(20-47)49(25)38(50)54-39(2,3)4/h8,11,14-16,24-26H,6-7,9-10,12-13,17-22H2,1-5H3/t24-,25-,26+,40+/m1/s1. The van der Waals surface area contributed by atoms with E-state index in [4.69, 9.17) is 33.9 Å². The van der Waals surface area contributed by atoms with E-state index in [2.05, 4.69) is 4.90 Å². The minimum atomic E-state index is -0.928. The third kappa shape index (κ3) is 6.65. The Kier molecular flexibility index (Phi) is 9.48. The highest BCUT2D eigenvalue weighted by Crippen LogP contribution is 2.42. The zero-order chi connectivity index (χ0) is 37.9. The molecule has 2 aromatic carbocycles. The van der Waals surface area contributed by atoms with E-state index >= 15 is 8.78 Å². The monoisotopic (exact) mass is 748 g/mol. The van der Waals surface area contributed by atoms with Crippen molar-refractivity contribution in [3.63, 3.8) is 0 Å². The third-order valence-electron chi connectivity index (χ3n) is 11.3. The molecule has 288 valence electrons. The number of aromatic nitrogens is 3. The van der Waals surface area contributed by atoms with Crippen molar-refractivity contribution >= 4 is 33.7 Å². The number of amides is 1. The lowest BCUT2D eigenvalue weighted by molar-refractivity contribution is 0.0122. The Balaban J connectivity index is 1.23. The van der Waals surface area contributed by atoms with Gasteiger partial charge in [-0.05, 0) is 100 Å². The van der Waals surface area contributed by atoms with Gasteiger partial charge in [0.15, 0.2) is 12.4 Å².